The second-order valence-electron chi connectivity index (χ2n) is 7.61. The number of ketones is 1. The molecular weight excluding hydrogens is 398 g/mol. The highest BCUT2D eigenvalue weighted by atomic mass is 35.5. The molecule has 0 aliphatic carbocycles. The van der Waals surface area contributed by atoms with Gasteiger partial charge in [0.05, 0.1) is 5.56 Å². The van der Waals surface area contributed by atoms with Crippen molar-refractivity contribution < 1.29 is 14.3 Å². The molecule has 0 amide bonds. The average molecular weight is 418 g/mol. The molecule has 0 unspecified atom stereocenters. The van der Waals surface area contributed by atoms with E-state index < -0.39 is 0 Å². The summed E-state index contributed by atoms with van der Waals surface area (Å²) >= 11 is 6.06. The van der Waals surface area contributed by atoms with Gasteiger partial charge in [-0.15, -0.1) is 0 Å². The van der Waals surface area contributed by atoms with Crippen LogP contribution >= 0.6 is 11.6 Å². The van der Waals surface area contributed by atoms with E-state index >= 15 is 0 Å². The molecular formula is C25H20ClNO3. The Bertz CT molecular complexity index is 1170. The first-order chi connectivity index (χ1) is 14.6. The fourth-order valence-electron chi connectivity index (χ4n) is 3.99. The van der Waals surface area contributed by atoms with Crippen LogP contribution in [0.3, 0.4) is 0 Å². The van der Waals surface area contributed by atoms with Crippen molar-refractivity contribution >= 4 is 23.5 Å². The molecule has 150 valence electrons. The summed E-state index contributed by atoms with van der Waals surface area (Å²) in [5.74, 6) is 1.59. The van der Waals surface area contributed by atoms with Crippen molar-refractivity contribution in [3.8, 4) is 11.5 Å². The maximum Gasteiger partial charge on any atom is 0.231 e. The summed E-state index contributed by atoms with van der Waals surface area (Å²) in [7, 11) is 0. The third-order valence-electron chi connectivity index (χ3n) is 5.40. The van der Waals surface area contributed by atoms with Gasteiger partial charge in [0.15, 0.2) is 5.76 Å². The summed E-state index contributed by atoms with van der Waals surface area (Å²) in [6.07, 6.45) is 1.73. The Labute approximate surface area is 180 Å². The lowest BCUT2D eigenvalue weighted by Gasteiger charge is -2.30. The summed E-state index contributed by atoms with van der Waals surface area (Å²) in [5, 5.41) is 0.617. The standard InChI is InChI=1S/C25H20ClNO3/c1-16-24-19(14-27(15-29-24)13-17-6-3-2-4-7-17)12-21-23(28)22(30-25(16)21)11-18-8-5-9-20(26)10-18/h2-12H,13-15H2,1H3/b22-11-. The SMILES string of the molecule is Cc1c2c(cc3c1O/C(=C\c1cccc(Cl)c1)C3=O)CN(Cc1ccccc1)CO2. The van der Waals surface area contributed by atoms with Gasteiger partial charge >= 0.3 is 0 Å². The topological polar surface area (TPSA) is 38.8 Å². The average Bonchev–Trinajstić information content (AvgIpc) is 3.05. The zero-order valence-corrected chi connectivity index (χ0v) is 17.3. The summed E-state index contributed by atoms with van der Waals surface area (Å²) in [6, 6.07) is 19.5. The second kappa shape index (κ2) is 7.63. The van der Waals surface area contributed by atoms with Crippen molar-refractivity contribution in [2.45, 2.75) is 20.0 Å². The van der Waals surface area contributed by atoms with Crippen molar-refractivity contribution in [3.05, 3.63) is 99.3 Å². The van der Waals surface area contributed by atoms with E-state index in [9.17, 15) is 4.79 Å². The number of hydrogen-bond donors (Lipinski definition) is 0. The van der Waals surface area contributed by atoms with Crippen LogP contribution in [0.2, 0.25) is 5.02 Å². The van der Waals surface area contributed by atoms with Crippen molar-refractivity contribution in [1.29, 1.82) is 0 Å². The lowest BCUT2D eigenvalue weighted by Crippen LogP contribution is -2.32. The number of allylic oxidation sites excluding steroid dienone is 1. The summed E-state index contributed by atoms with van der Waals surface area (Å²) < 4.78 is 12.0. The number of ether oxygens (including phenoxy) is 2. The number of rotatable bonds is 3. The first-order valence-electron chi connectivity index (χ1n) is 9.84. The van der Waals surface area contributed by atoms with E-state index in [1.807, 2.05) is 43.3 Å². The maximum atomic E-state index is 13.0. The number of carbonyl (C=O) groups excluding carboxylic acids is 1. The van der Waals surface area contributed by atoms with Crippen molar-refractivity contribution in [3.63, 3.8) is 0 Å². The van der Waals surface area contributed by atoms with Gasteiger partial charge in [0, 0.05) is 29.2 Å². The van der Waals surface area contributed by atoms with Crippen LogP contribution in [0, 0.1) is 6.92 Å². The summed E-state index contributed by atoms with van der Waals surface area (Å²) in [5.41, 5.74) is 4.52. The Morgan fingerprint density at radius 3 is 2.70 bits per heavy atom. The highest BCUT2D eigenvalue weighted by Crippen LogP contribution is 2.43. The Kier molecular flexibility index (Phi) is 4.81. The van der Waals surface area contributed by atoms with Gasteiger partial charge < -0.3 is 9.47 Å². The van der Waals surface area contributed by atoms with Gasteiger partial charge in [-0.1, -0.05) is 54.1 Å². The molecule has 3 aromatic carbocycles. The third-order valence-corrected chi connectivity index (χ3v) is 5.63. The molecule has 0 bridgehead atoms. The molecule has 0 saturated heterocycles. The Morgan fingerprint density at radius 1 is 1.07 bits per heavy atom. The van der Waals surface area contributed by atoms with Crippen LogP contribution in [0.25, 0.3) is 6.08 Å². The van der Waals surface area contributed by atoms with E-state index in [2.05, 4.69) is 17.0 Å². The number of fused-ring (bicyclic) bond motifs is 2. The minimum atomic E-state index is -0.115. The van der Waals surface area contributed by atoms with E-state index in [0.717, 1.165) is 35.5 Å². The number of hydrogen-bond acceptors (Lipinski definition) is 4. The first-order valence-corrected chi connectivity index (χ1v) is 10.2. The molecule has 0 saturated carbocycles. The first kappa shape index (κ1) is 18.9. The molecule has 2 aliphatic rings. The van der Waals surface area contributed by atoms with Gasteiger partial charge in [-0.2, -0.15) is 0 Å². The van der Waals surface area contributed by atoms with Crippen molar-refractivity contribution in [1.82, 2.24) is 4.90 Å². The third kappa shape index (κ3) is 3.49. The Hall–Kier alpha value is -3.08. The molecule has 2 aliphatic heterocycles. The van der Waals surface area contributed by atoms with Crippen LogP contribution in [0.4, 0.5) is 0 Å². The van der Waals surface area contributed by atoms with Crippen LogP contribution in [-0.2, 0) is 13.1 Å². The van der Waals surface area contributed by atoms with E-state index in [1.54, 1.807) is 18.2 Å². The fraction of sp³-hybridized carbons (Fsp3) is 0.160. The van der Waals surface area contributed by atoms with Gasteiger partial charge in [-0.05, 0) is 42.3 Å². The quantitative estimate of drug-likeness (QED) is 0.519. The number of carbonyl (C=O) groups is 1. The number of benzene rings is 3. The molecule has 5 rings (SSSR count). The molecule has 4 nitrogen and oxygen atoms in total. The highest BCUT2D eigenvalue weighted by Gasteiger charge is 2.33. The van der Waals surface area contributed by atoms with Crippen LogP contribution < -0.4 is 9.47 Å². The lowest BCUT2D eigenvalue weighted by molar-refractivity contribution is 0.0876. The minimum absolute atomic E-state index is 0.115. The molecule has 30 heavy (non-hydrogen) atoms. The van der Waals surface area contributed by atoms with Gasteiger partial charge in [-0.3, -0.25) is 9.69 Å². The second-order valence-corrected chi connectivity index (χ2v) is 8.04. The van der Waals surface area contributed by atoms with Gasteiger partial charge in [0.25, 0.3) is 0 Å². The van der Waals surface area contributed by atoms with E-state index in [-0.39, 0.29) is 5.78 Å². The zero-order chi connectivity index (χ0) is 20.7. The van der Waals surface area contributed by atoms with Gasteiger partial charge in [0.1, 0.15) is 18.2 Å². The predicted molar refractivity (Wildman–Crippen MR) is 117 cm³/mol. The number of halogens is 1. The van der Waals surface area contributed by atoms with E-state index in [1.165, 1.54) is 5.56 Å². The monoisotopic (exact) mass is 417 g/mol. The maximum absolute atomic E-state index is 13.0. The molecule has 0 radical (unpaired) electrons. The fourth-order valence-corrected chi connectivity index (χ4v) is 4.19. The highest BCUT2D eigenvalue weighted by molar-refractivity contribution is 6.30. The van der Waals surface area contributed by atoms with Crippen molar-refractivity contribution in [2.75, 3.05) is 6.73 Å². The Morgan fingerprint density at radius 2 is 1.90 bits per heavy atom. The van der Waals surface area contributed by atoms with Crippen LogP contribution in [0.1, 0.15) is 32.6 Å². The molecule has 0 N–H and O–H groups in total. The molecule has 0 spiro atoms. The molecule has 2 heterocycles. The summed E-state index contributed by atoms with van der Waals surface area (Å²) in [4.78, 5) is 15.2. The summed E-state index contributed by atoms with van der Waals surface area (Å²) in [6.45, 7) is 3.96. The molecule has 0 aromatic heterocycles. The number of Topliss-reactive ketones (excluding diaryl/α,β-unsaturated/α-hetero) is 1. The predicted octanol–water partition coefficient (Wildman–Crippen LogP) is 5.62. The Balaban J connectivity index is 1.44. The number of nitrogens with zero attached hydrogens (tertiary/aromatic N) is 1. The molecule has 0 fully saturated rings. The molecule has 3 aromatic rings. The lowest BCUT2D eigenvalue weighted by atomic mass is 10.00. The smallest absolute Gasteiger partial charge is 0.231 e. The zero-order valence-electron chi connectivity index (χ0n) is 16.5. The molecule has 5 heteroatoms. The minimum Gasteiger partial charge on any atom is -0.477 e. The van der Waals surface area contributed by atoms with E-state index in [0.29, 0.717) is 28.8 Å². The van der Waals surface area contributed by atoms with E-state index in [4.69, 9.17) is 21.1 Å². The van der Waals surface area contributed by atoms with Crippen molar-refractivity contribution in [2.24, 2.45) is 0 Å². The normalized spacial score (nSPS) is 16.7. The van der Waals surface area contributed by atoms with Crippen LogP contribution in [-0.4, -0.2) is 17.4 Å². The largest absolute Gasteiger partial charge is 0.477 e. The van der Waals surface area contributed by atoms with Gasteiger partial charge in [0.2, 0.25) is 5.78 Å². The van der Waals surface area contributed by atoms with Gasteiger partial charge in [-0.25, -0.2) is 0 Å². The van der Waals surface area contributed by atoms with Crippen LogP contribution in [0.5, 0.6) is 11.5 Å². The van der Waals surface area contributed by atoms with Crippen LogP contribution in [0.15, 0.2) is 66.4 Å². The molecule has 0 atom stereocenters.